The number of halogens is 3. The highest BCUT2D eigenvalue weighted by molar-refractivity contribution is 6.09. The van der Waals surface area contributed by atoms with Crippen LogP contribution < -0.4 is 20.5 Å². The summed E-state index contributed by atoms with van der Waals surface area (Å²) in [6, 6.07) is 13.3. The molecule has 9 nitrogen and oxygen atoms in total. The maximum Gasteiger partial charge on any atom is 0.573 e. The Hall–Kier alpha value is -4.68. The second kappa shape index (κ2) is 14.2. The normalized spacial score (nSPS) is 11.7. The number of nitrogens with one attached hydrogen (secondary N) is 1. The quantitative estimate of drug-likeness (QED) is 0.111. The van der Waals surface area contributed by atoms with Crippen LogP contribution in [0.4, 0.5) is 13.2 Å². The maximum atomic E-state index is 12.8. The van der Waals surface area contributed by atoms with Crippen LogP contribution >= 0.6 is 0 Å². The van der Waals surface area contributed by atoms with Crippen LogP contribution in [-0.4, -0.2) is 48.6 Å². The van der Waals surface area contributed by atoms with Crippen LogP contribution in [0.25, 0.3) is 21.7 Å². The number of pyridine rings is 2. The van der Waals surface area contributed by atoms with Gasteiger partial charge in [0.15, 0.2) is 0 Å². The third-order valence-corrected chi connectivity index (χ3v) is 6.78. The SMILES string of the molecule is NC(=O)c1ccc2c(c1)nc(OCCOCCCCNCc1cc(Cc3ccoc3)cc(OC(F)(F)F)c1)c1ccncc12. The smallest absolute Gasteiger partial charge is 0.475 e. The van der Waals surface area contributed by atoms with Gasteiger partial charge in [0, 0.05) is 53.7 Å². The molecule has 5 aromatic rings. The molecular weight excluding hydrogens is 577 g/mol. The van der Waals surface area contributed by atoms with Gasteiger partial charge in [-0.25, -0.2) is 4.98 Å². The number of carbonyl (C=O) groups excluding carboxylic acids is 1. The van der Waals surface area contributed by atoms with Crippen molar-refractivity contribution in [1.82, 2.24) is 15.3 Å². The van der Waals surface area contributed by atoms with Gasteiger partial charge in [-0.1, -0.05) is 12.1 Å². The van der Waals surface area contributed by atoms with Crippen molar-refractivity contribution in [2.45, 2.75) is 32.2 Å². The first-order valence-electron chi connectivity index (χ1n) is 14.0. The predicted molar refractivity (Wildman–Crippen MR) is 157 cm³/mol. The number of amides is 1. The van der Waals surface area contributed by atoms with Crippen LogP contribution in [0.5, 0.6) is 11.6 Å². The second-order valence-corrected chi connectivity index (χ2v) is 10.1. The lowest BCUT2D eigenvalue weighted by Gasteiger charge is -2.13. The maximum absolute atomic E-state index is 12.8. The summed E-state index contributed by atoms with van der Waals surface area (Å²) in [5.41, 5.74) is 8.61. The fourth-order valence-electron chi connectivity index (χ4n) is 4.82. The minimum atomic E-state index is -4.77. The van der Waals surface area contributed by atoms with Crippen LogP contribution in [0, 0.1) is 0 Å². The molecule has 0 atom stereocenters. The second-order valence-electron chi connectivity index (χ2n) is 10.1. The molecule has 0 spiro atoms. The molecule has 44 heavy (non-hydrogen) atoms. The third-order valence-electron chi connectivity index (χ3n) is 6.78. The van der Waals surface area contributed by atoms with E-state index < -0.39 is 12.3 Å². The lowest BCUT2D eigenvalue weighted by molar-refractivity contribution is -0.274. The Bertz CT molecular complexity index is 1710. The molecule has 12 heteroatoms. The van der Waals surface area contributed by atoms with E-state index in [1.807, 2.05) is 12.1 Å². The van der Waals surface area contributed by atoms with Gasteiger partial charge in [0.25, 0.3) is 0 Å². The van der Waals surface area contributed by atoms with Gasteiger partial charge < -0.3 is 29.7 Å². The van der Waals surface area contributed by atoms with Crippen molar-refractivity contribution in [1.29, 1.82) is 0 Å². The van der Waals surface area contributed by atoms with E-state index >= 15 is 0 Å². The molecule has 1 amide bonds. The van der Waals surface area contributed by atoms with E-state index in [1.54, 1.807) is 42.9 Å². The Kier molecular flexibility index (Phi) is 9.93. The van der Waals surface area contributed by atoms with Crippen LogP contribution in [0.2, 0.25) is 0 Å². The summed E-state index contributed by atoms with van der Waals surface area (Å²) in [6.07, 6.45) is 3.74. The van der Waals surface area contributed by atoms with Crippen molar-refractivity contribution in [2.75, 3.05) is 26.4 Å². The van der Waals surface area contributed by atoms with E-state index in [2.05, 4.69) is 20.0 Å². The molecular formula is C32H31F3N4O5. The molecule has 0 fully saturated rings. The van der Waals surface area contributed by atoms with E-state index in [9.17, 15) is 18.0 Å². The number of rotatable bonds is 15. The first kappa shape index (κ1) is 30.8. The van der Waals surface area contributed by atoms with Gasteiger partial charge in [-0.05, 0) is 72.5 Å². The molecule has 0 saturated carbocycles. The first-order valence-corrected chi connectivity index (χ1v) is 14.0. The number of unbranched alkanes of at least 4 members (excludes halogenated alkanes) is 1. The summed E-state index contributed by atoms with van der Waals surface area (Å²) in [4.78, 5) is 20.4. The van der Waals surface area contributed by atoms with E-state index in [1.165, 1.54) is 18.4 Å². The summed E-state index contributed by atoms with van der Waals surface area (Å²) in [7, 11) is 0. The van der Waals surface area contributed by atoms with Gasteiger partial charge in [0.2, 0.25) is 11.8 Å². The Balaban J connectivity index is 1.05. The molecule has 0 bridgehead atoms. The number of carbonyl (C=O) groups is 1. The number of nitrogens with two attached hydrogens (primary N) is 1. The van der Waals surface area contributed by atoms with Gasteiger partial charge >= 0.3 is 6.36 Å². The Labute approximate surface area is 251 Å². The number of hydrogen-bond acceptors (Lipinski definition) is 8. The van der Waals surface area contributed by atoms with Crippen LogP contribution in [-0.2, 0) is 17.7 Å². The lowest BCUT2D eigenvalue weighted by atomic mass is 10.0. The van der Waals surface area contributed by atoms with E-state index in [0.717, 1.165) is 34.6 Å². The number of benzene rings is 2. The molecule has 5 rings (SSSR count). The molecule has 0 aliphatic rings. The fourth-order valence-corrected chi connectivity index (χ4v) is 4.82. The molecule has 3 N–H and O–H groups in total. The Morgan fingerprint density at radius 3 is 2.59 bits per heavy atom. The standard InChI is InChI=1S/C32H31F3N4O5/c33-32(34,35)44-25-15-22(13-21-6-10-42-20-21)14-23(16-25)18-37-7-1-2-9-41-11-12-43-31-27-5-8-38-19-28(27)26-4-3-24(30(36)40)17-29(26)39-31/h3-6,8,10,14-17,19-20,37H,1-2,7,9,11-13,18H2,(H2,36,40). The highest BCUT2D eigenvalue weighted by atomic mass is 19.4. The largest absolute Gasteiger partial charge is 0.573 e. The number of ether oxygens (including phenoxy) is 3. The Morgan fingerprint density at radius 1 is 0.932 bits per heavy atom. The minimum Gasteiger partial charge on any atom is -0.475 e. The van der Waals surface area contributed by atoms with Crippen LogP contribution in [0.1, 0.15) is 39.9 Å². The molecule has 230 valence electrons. The highest BCUT2D eigenvalue weighted by Crippen LogP contribution is 2.31. The van der Waals surface area contributed by atoms with Crippen molar-refractivity contribution in [3.05, 3.63) is 95.7 Å². The highest BCUT2D eigenvalue weighted by Gasteiger charge is 2.31. The van der Waals surface area contributed by atoms with E-state index in [0.29, 0.717) is 60.8 Å². The van der Waals surface area contributed by atoms with E-state index in [-0.39, 0.29) is 12.4 Å². The number of aromatic nitrogens is 2. The average Bonchev–Trinajstić information content (AvgIpc) is 3.49. The minimum absolute atomic E-state index is 0.245. The average molecular weight is 609 g/mol. The van der Waals surface area contributed by atoms with Crippen LogP contribution in [0.3, 0.4) is 0 Å². The van der Waals surface area contributed by atoms with Crippen molar-refractivity contribution in [3.63, 3.8) is 0 Å². The predicted octanol–water partition coefficient (Wildman–Crippen LogP) is 5.93. The first-order chi connectivity index (χ1) is 21.2. The fraction of sp³-hybridized carbons (Fsp3) is 0.281. The summed E-state index contributed by atoms with van der Waals surface area (Å²) in [5, 5.41) is 5.76. The number of hydrogen-bond donors (Lipinski definition) is 2. The van der Waals surface area contributed by atoms with Crippen molar-refractivity contribution < 1.29 is 36.6 Å². The summed E-state index contributed by atoms with van der Waals surface area (Å²) >= 11 is 0. The number of fused-ring (bicyclic) bond motifs is 3. The molecule has 0 saturated heterocycles. The summed E-state index contributed by atoms with van der Waals surface area (Å²) < 4.78 is 59.4. The van der Waals surface area contributed by atoms with E-state index in [4.69, 9.17) is 19.6 Å². The van der Waals surface area contributed by atoms with Gasteiger partial charge in [-0.15, -0.1) is 13.2 Å². The molecule has 0 unspecified atom stereocenters. The molecule has 0 aliphatic carbocycles. The van der Waals surface area contributed by atoms with Gasteiger partial charge in [0.05, 0.1) is 24.6 Å². The zero-order valence-electron chi connectivity index (χ0n) is 23.7. The van der Waals surface area contributed by atoms with Gasteiger partial charge in [-0.2, -0.15) is 0 Å². The zero-order valence-corrected chi connectivity index (χ0v) is 23.7. The summed E-state index contributed by atoms with van der Waals surface area (Å²) in [6.45, 7) is 2.21. The zero-order chi connectivity index (χ0) is 30.9. The topological polar surface area (TPSA) is 122 Å². The van der Waals surface area contributed by atoms with Crippen molar-refractivity contribution in [2.24, 2.45) is 5.73 Å². The number of furan rings is 1. The lowest BCUT2D eigenvalue weighted by Crippen LogP contribution is -2.18. The molecule has 3 aromatic heterocycles. The van der Waals surface area contributed by atoms with Crippen molar-refractivity contribution in [3.8, 4) is 11.6 Å². The molecule has 2 aromatic carbocycles. The van der Waals surface area contributed by atoms with Gasteiger partial charge in [-0.3, -0.25) is 9.78 Å². The molecule has 0 radical (unpaired) electrons. The Morgan fingerprint density at radius 2 is 1.80 bits per heavy atom. The number of nitrogens with zero attached hydrogens (tertiary/aromatic N) is 2. The third kappa shape index (κ3) is 8.45. The number of primary amides is 1. The monoisotopic (exact) mass is 608 g/mol. The molecule has 0 aliphatic heterocycles. The van der Waals surface area contributed by atoms with Crippen molar-refractivity contribution >= 4 is 27.6 Å². The summed E-state index contributed by atoms with van der Waals surface area (Å²) in [5.74, 6) is -0.363. The molecule has 3 heterocycles. The van der Waals surface area contributed by atoms with Gasteiger partial charge in [0.1, 0.15) is 12.4 Å². The van der Waals surface area contributed by atoms with Crippen LogP contribution in [0.15, 0.2) is 77.9 Å². The number of alkyl halides is 3.